The Bertz CT molecular complexity index is 1000. The van der Waals surface area contributed by atoms with Gasteiger partial charge in [0, 0.05) is 18.5 Å². The normalized spacial score (nSPS) is 10.9. The molecule has 2 N–H and O–H groups in total. The number of amides is 1. The average Bonchev–Trinajstić information content (AvgIpc) is 2.73. The number of ether oxygens (including phenoxy) is 2. The van der Waals surface area contributed by atoms with E-state index >= 15 is 0 Å². The molecule has 28 heavy (non-hydrogen) atoms. The van der Waals surface area contributed by atoms with Crippen molar-refractivity contribution in [1.29, 1.82) is 0 Å². The Morgan fingerprint density at radius 1 is 1.07 bits per heavy atom. The quantitative estimate of drug-likeness (QED) is 0.555. The van der Waals surface area contributed by atoms with Crippen LogP contribution >= 0.6 is 0 Å². The van der Waals surface area contributed by atoms with Gasteiger partial charge >= 0.3 is 0 Å². The van der Waals surface area contributed by atoms with E-state index in [4.69, 9.17) is 9.47 Å². The zero-order chi connectivity index (χ0) is 19.8. The van der Waals surface area contributed by atoms with Crippen molar-refractivity contribution in [1.82, 2.24) is 15.5 Å². The molecule has 1 amide bonds. The Morgan fingerprint density at radius 3 is 2.71 bits per heavy atom. The summed E-state index contributed by atoms with van der Waals surface area (Å²) in [6, 6.07) is 14.7. The van der Waals surface area contributed by atoms with Crippen LogP contribution in [0.4, 0.5) is 0 Å². The minimum Gasteiger partial charge on any atom is -0.379 e. The van der Waals surface area contributed by atoms with Gasteiger partial charge in [-0.05, 0) is 30.2 Å². The standard InChI is InChI=1S/C21H23N3O4/c1-2-27-10-11-28-14-16-7-5-6-15(12-16)13-22-21(26)19-20(25)17-8-3-4-9-18(17)23-24-19/h3-9,12H,2,10-11,13-14H2,1H3,(H,22,26)(H,23,25). The number of fused-ring (bicyclic) bond motifs is 1. The van der Waals surface area contributed by atoms with Gasteiger partial charge in [-0.1, -0.05) is 36.4 Å². The van der Waals surface area contributed by atoms with Crippen LogP contribution in [0.15, 0.2) is 53.3 Å². The molecule has 7 nitrogen and oxygen atoms in total. The molecule has 0 spiro atoms. The van der Waals surface area contributed by atoms with E-state index in [0.717, 1.165) is 11.1 Å². The summed E-state index contributed by atoms with van der Waals surface area (Å²) in [6.07, 6.45) is 0. The first-order valence-corrected chi connectivity index (χ1v) is 9.18. The first-order valence-electron chi connectivity index (χ1n) is 9.18. The number of para-hydroxylation sites is 1. The van der Waals surface area contributed by atoms with Crippen LogP contribution < -0.4 is 10.7 Å². The SMILES string of the molecule is CCOCCOCc1cccc(CNC(=O)c2n[nH]c3ccccc3c2=O)c1. The van der Waals surface area contributed by atoms with E-state index in [0.29, 0.717) is 43.9 Å². The second-order valence-electron chi connectivity index (χ2n) is 6.20. The van der Waals surface area contributed by atoms with Crippen LogP contribution in [0.5, 0.6) is 0 Å². The molecule has 0 saturated heterocycles. The zero-order valence-electron chi connectivity index (χ0n) is 15.7. The first kappa shape index (κ1) is 19.7. The number of carbonyl (C=O) groups excluding carboxylic acids is 1. The minimum atomic E-state index is -0.509. The average molecular weight is 381 g/mol. The number of H-pyrrole nitrogens is 1. The van der Waals surface area contributed by atoms with Crippen molar-refractivity contribution in [2.24, 2.45) is 0 Å². The van der Waals surface area contributed by atoms with Gasteiger partial charge in [0.25, 0.3) is 5.91 Å². The summed E-state index contributed by atoms with van der Waals surface area (Å²) in [5.41, 5.74) is 1.99. The number of nitrogens with one attached hydrogen (secondary N) is 2. The zero-order valence-corrected chi connectivity index (χ0v) is 15.7. The molecule has 3 aromatic rings. The van der Waals surface area contributed by atoms with Gasteiger partial charge in [0.05, 0.1) is 25.3 Å². The molecule has 3 rings (SSSR count). The van der Waals surface area contributed by atoms with E-state index in [1.807, 2.05) is 31.2 Å². The topological polar surface area (TPSA) is 93.3 Å². The van der Waals surface area contributed by atoms with Gasteiger partial charge in [-0.2, -0.15) is 5.10 Å². The molecule has 7 heteroatoms. The van der Waals surface area contributed by atoms with Crippen LogP contribution in [0.3, 0.4) is 0 Å². The first-order chi connectivity index (χ1) is 13.7. The monoisotopic (exact) mass is 381 g/mol. The van der Waals surface area contributed by atoms with Crippen molar-refractivity contribution in [3.05, 3.63) is 75.6 Å². The predicted molar refractivity (Wildman–Crippen MR) is 106 cm³/mol. The molecule has 146 valence electrons. The largest absolute Gasteiger partial charge is 0.379 e. The van der Waals surface area contributed by atoms with E-state index in [2.05, 4.69) is 15.5 Å². The van der Waals surface area contributed by atoms with Crippen molar-refractivity contribution in [2.45, 2.75) is 20.1 Å². The Hall–Kier alpha value is -3.03. The van der Waals surface area contributed by atoms with Crippen molar-refractivity contribution in [3.8, 4) is 0 Å². The summed E-state index contributed by atoms with van der Waals surface area (Å²) in [6.45, 7) is 4.48. The molecule has 0 radical (unpaired) electrons. The third-order valence-corrected chi connectivity index (χ3v) is 4.18. The van der Waals surface area contributed by atoms with Crippen LogP contribution in [0.2, 0.25) is 0 Å². The Balaban J connectivity index is 1.60. The number of nitrogens with zero attached hydrogens (tertiary/aromatic N) is 1. The summed E-state index contributed by atoms with van der Waals surface area (Å²) in [4.78, 5) is 24.9. The van der Waals surface area contributed by atoms with Crippen molar-refractivity contribution in [2.75, 3.05) is 19.8 Å². The summed E-state index contributed by atoms with van der Waals surface area (Å²) < 4.78 is 10.8. The Morgan fingerprint density at radius 2 is 1.86 bits per heavy atom. The fraction of sp³-hybridized carbons (Fsp3) is 0.286. The van der Waals surface area contributed by atoms with Crippen LogP contribution in [0, 0.1) is 0 Å². The van der Waals surface area contributed by atoms with Crippen molar-refractivity contribution < 1.29 is 14.3 Å². The van der Waals surface area contributed by atoms with Crippen LogP contribution in [-0.4, -0.2) is 35.9 Å². The number of aromatic amines is 1. The van der Waals surface area contributed by atoms with Crippen molar-refractivity contribution in [3.63, 3.8) is 0 Å². The van der Waals surface area contributed by atoms with E-state index in [9.17, 15) is 9.59 Å². The number of rotatable bonds is 9. The highest BCUT2D eigenvalue weighted by molar-refractivity contribution is 5.95. The second-order valence-corrected chi connectivity index (χ2v) is 6.20. The van der Waals surface area contributed by atoms with Crippen LogP contribution in [-0.2, 0) is 22.6 Å². The van der Waals surface area contributed by atoms with E-state index in [1.54, 1.807) is 24.3 Å². The lowest BCUT2D eigenvalue weighted by molar-refractivity contribution is 0.0453. The summed E-state index contributed by atoms with van der Waals surface area (Å²) in [5.74, 6) is -0.509. The third-order valence-electron chi connectivity index (χ3n) is 4.18. The van der Waals surface area contributed by atoms with Crippen molar-refractivity contribution >= 4 is 16.8 Å². The van der Waals surface area contributed by atoms with Gasteiger partial charge in [0.15, 0.2) is 5.69 Å². The molecule has 1 aromatic heterocycles. The molecule has 1 heterocycles. The van der Waals surface area contributed by atoms with Gasteiger partial charge in [0.2, 0.25) is 5.43 Å². The van der Waals surface area contributed by atoms with Gasteiger partial charge in [-0.15, -0.1) is 0 Å². The highest BCUT2D eigenvalue weighted by Crippen LogP contribution is 2.08. The van der Waals surface area contributed by atoms with Crippen LogP contribution in [0.25, 0.3) is 10.9 Å². The molecule has 0 fully saturated rings. The number of aromatic nitrogens is 2. The van der Waals surface area contributed by atoms with E-state index in [1.165, 1.54) is 0 Å². The van der Waals surface area contributed by atoms with E-state index < -0.39 is 5.91 Å². The number of hydrogen-bond donors (Lipinski definition) is 2. The Labute approximate surface area is 162 Å². The molecule has 0 aliphatic heterocycles. The van der Waals surface area contributed by atoms with E-state index in [-0.39, 0.29) is 11.1 Å². The van der Waals surface area contributed by atoms with Crippen LogP contribution in [0.1, 0.15) is 28.5 Å². The third kappa shape index (κ3) is 5.03. The molecule has 2 aromatic carbocycles. The predicted octanol–water partition coefficient (Wildman–Crippen LogP) is 2.41. The summed E-state index contributed by atoms with van der Waals surface area (Å²) in [5, 5.41) is 9.86. The van der Waals surface area contributed by atoms with Gasteiger partial charge in [-0.25, -0.2) is 0 Å². The Kier molecular flexibility index (Phi) is 6.89. The molecule has 0 saturated carbocycles. The van der Waals surface area contributed by atoms with Gasteiger partial charge < -0.3 is 14.8 Å². The maximum absolute atomic E-state index is 12.5. The maximum Gasteiger partial charge on any atom is 0.276 e. The minimum absolute atomic E-state index is 0.144. The number of carbonyl (C=O) groups is 1. The van der Waals surface area contributed by atoms with Gasteiger partial charge in [0.1, 0.15) is 0 Å². The molecule has 0 unspecified atom stereocenters. The lowest BCUT2D eigenvalue weighted by Crippen LogP contribution is -2.30. The molecule has 0 atom stereocenters. The fourth-order valence-corrected chi connectivity index (χ4v) is 2.77. The molecular formula is C21H23N3O4. The molecular weight excluding hydrogens is 358 g/mol. The maximum atomic E-state index is 12.5. The highest BCUT2D eigenvalue weighted by Gasteiger charge is 2.14. The second kappa shape index (κ2) is 9.77. The number of benzene rings is 2. The molecule has 0 bridgehead atoms. The fourth-order valence-electron chi connectivity index (χ4n) is 2.77. The highest BCUT2D eigenvalue weighted by atomic mass is 16.5. The molecule has 0 aliphatic carbocycles. The summed E-state index contributed by atoms with van der Waals surface area (Å²) >= 11 is 0. The lowest BCUT2D eigenvalue weighted by atomic mass is 10.1. The smallest absolute Gasteiger partial charge is 0.276 e. The number of hydrogen-bond acceptors (Lipinski definition) is 5. The van der Waals surface area contributed by atoms with Gasteiger partial charge in [-0.3, -0.25) is 14.7 Å². The lowest BCUT2D eigenvalue weighted by Gasteiger charge is -2.08. The molecule has 0 aliphatic rings. The summed E-state index contributed by atoms with van der Waals surface area (Å²) in [7, 11) is 0.